The van der Waals surface area contributed by atoms with Gasteiger partial charge < -0.3 is 15.1 Å². The van der Waals surface area contributed by atoms with Gasteiger partial charge in [0, 0.05) is 30.2 Å². The van der Waals surface area contributed by atoms with Gasteiger partial charge in [-0.15, -0.1) is 0 Å². The van der Waals surface area contributed by atoms with Gasteiger partial charge in [-0.1, -0.05) is 0 Å². The van der Waals surface area contributed by atoms with Crippen LogP contribution in [0.15, 0.2) is 0 Å². The Kier molecular flexibility index (Phi) is 5.22. The molecule has 1 aliphatic carbocycles. The van der Waals surface area contributed by atoms with Gasteiger partial charge in [-0.05, 0) is 68.1 Å². The summed E-state index contributed by atoms with van der Waals surface area (Å²) in [7, 11) is 6.72. The summed E-state index contributed by atoms with van der Waals surface area (Å²) in [5, 5.41) is 3.60. The maximum Gasteiger partial charge on any atom is 0.0330 e. The van der Waals surface area contributed by atoms with E-state index in [0.717, 1.165) is 6.54 Å². The Bertz CT molecular complexity index is 251. The number of nitrogens with zero attached hydrogens (tertiary/aromatic N) is 2. The molecule has 1 unspecified atom stereocenters. The lowest BCUT2D eigenvalue weighted by atomic mass is 9.75. The average molecular weight is 255 g/mol. The third-order valence-electron chi connectivity index (χ3n) is 4.46. The molecule has 0 spiro atoms. The van der Waals surface area contributed by atoms with Crippen LogP contribution in [0, 0.1) is 0 Å². The Hall–Kier alpha value is -0.120. The van der Waals surface area contributed by atoms with Crippen LogP contribution in [0.1, 0.15) is 47.0 Å². The van der Waals surface area contributed by atoms with E-state index in [1.807, 2.05) is 0 Å². The number of likely N-dealkylation sites (N-methyl/N-ethyl adjacent to an activating group) is 2. The van der Waals surface area contributed by atoms with Crippen molar-refractivity contribution < 1.29 is 0 Å². The van der Waals surface area contributed by atoms with Crippen LogP contribution >= 0.6 is 0 Å². The SMILES string of the molecule is CC(CNC(C)(C)C)N(C)CC1(N(C)C)CCC1. The zero-order valence-electron chi connectivity index (χ0n) is 13.5. The summed E-state index contributed by atoms with van der Waals surface area (Å²) in [6, 6.07) is 0.585. The van der Waals surface area contributed by atoms with Crippen LogP contribution in [0.3, 0.4) is 0 Å². The monoisotopic (exact) mass is 255 g/mol. The lowest BCUT2D eigenvalue weighted by Crippen LogP contribution is -2.58. The molecule has 3 nitrogen and oxygen atoms in total. The van der Waals surface area contributed by atoms with Crippen LogP contribution in [0.25, 0.3) is 0 Å². The fraction of sp³-hybridized carbons (Fsp3) is 1.00. The lowest BCUT2D eigenvalue weighted by molar-refractivity contribution is 0.0176. The van der Waals surface area contributed by atoms with Gasteiger partial charge in [-0.3, -0.25) is 0 Å². The Morgan fingerprint density at radius 3 is 2.06 bits per heavy atom. The third kappa shape index (κ3) is 4.22. The molecule has 1 aliphatic rings. The van der Waals surface area contributed by atoms with E-state index >= 15 is 0 Å². The van der Waals surface area contributed by atoms with Crippen molar-refractivity contribution in [1.82, 2.24) is 15.1 Å². The molecule has 0 saturated heterocycles. The Balaban J connectivity index is 2.42. The molecule has 108 valence electrons. The molecule has 0 aliphatic heterocycles. The Labute approximate surface area is 114 Å². The van der Waals surface area contributed by atoms with Crippen molar-refractivity contribution in [2.24, 2.45) is 0 Å². The van der Waals surface area contributed by atoms with Gasteiger partial charge in [-0.25, -0.2) is 0 Å². The fourth-order valence-electron chi connectivity index (χ4n) is 2.56. The van der Waals surface area contributed by atoms with E-state index in [-0.39, 0.29) is 5.54 Å². The van der Waals surface area contributed by atoms with E-state index < -0.39 is 0 Å². The van der Waals surface area contributed by atoms with Gasteiger partial charge in [0.2, 0.25) is 0 Å². The van der Waals surface area contributed by atoms with Crippen LogP contribution in [0.5, 0.6) is 0 Å². The summed E-state index contributed by atoms with van der Waals surface area (Å²) in [5.41, 5.74) is 0.648. The largest absolute Gasteiger partial charge is 0.311 e. The first kappa shape index (κ1) is 15.9. The van der Waals surface area contributed by atoms with E-state index in [1.165, 1.54) is 25.8 Å². The zero-order chi connectivity index (χ0) is 14.0. The quantitative estimate of drug-likeness (QED) is 0.785. The smallest absolute Gasteiger partial charge is 0.0330 e. The van der Waals surface area contributed by atoms with Crippen molar-refractivity contribution in [3.05, 3.63) is 0 Å². The van der Waals surface area contributed by atoms with Crippen molar-refractivity contribution in [2.75, 3.05) is 34.2 Å². The topological polar surface area (TPSA) is 18.5 Å². The Morgan fingerprint density at radius 1 is 1.17 bits per heavy atom. The molecule has 0 amide bonds. The fourth-order valence-corrected chi connectivity index (χ4v) is 2.56. The summed E-state index contributed by atoms with van der Waals surface area (Å²) in [4.78, 5) is 4.94. The van der Waals surface area contributed by atoms with Gasteiger partial charge in [0.1, 0.15) is 0 Å². The highest BCUT2D eigenvalue weighted by Crippen LogP contribution is 2.36. The molecule has 0 radical (unpaired) electrons. The summed E-state index contributed by atoms with van der Waals surface area (Å²) in [5.74, 6) is 0. The van der Waals surface area contributed by atoms with Crippen molar-refractivity contribution in [1.29, 1.82) is 0 Å². The van der Waals surface area contributed by atoms with E-state index in [1.54, 1.807) is 0 Å². The molecular weight excluding hydrogens is 222 g/mol. The molecule has 0 aromatic heterocycles. The van der Waals surface area contributed by atoms with Crippen LogP contribution in [-0.2, 0) is 0 Å². The van der Waals surface area contributed by atoms with Crippen LogP contribution in [0.4, 0.5) is 0 Å². The minimum atomic E-state index is 0.213. The van der Waals surface area contributed by atoms with E-state index in [4.69, 9.17) is 0 Å². The van der Waals surface area contributed by atoms with Crippen LogP contribution in [-0.4, -0.2) is 61.2 Å². The first-order valence-electron chi connectivity index (χ1n) is 7.29. The van der Waals surface area contributed by atoms with Gasteiger partial charge in [0.25, 0.3) is 0 Å². The van der Waals surface area contributed by atoms with Crippen molar-refractivity contribution in [3.63, 3.8) is 0 Å². The van der Waals surface area contributed by atoms with E-state index in [9.17, 15) is 0 Å². The highest BCUT2D eigenvalue weighted by molar-refractivity contribution is 4.98. The second-order valence-electron chi connectivity index (χ2n) is 7.37. The van der Waals surface area contributed by atoms with E-state index in [0.29, 0.717) is 11.6 Å². The predicted molar refractivity (Wildman–Crippen MR) is 80.1 cm³/mol. The molecule has 1 atom stereocenters. The maximum atomic E-state index is 3.60. The van der Waals surface area contributed by atoms with Crippen molar-refractivity contribution >= 4 is 0 Å². The molecule has 1 fully saturated rings. The van der Waals surface area contributed by atoms with Gasteiger partial charge in [0.15, 0.2) is 0 Å². The normalized spacial score (nSPS) is 21.2. The highest BCUT2D eigenvalue weighted by Gasteiger charge is 2.40. The molecule has 3 heteroatoms. The van der Waals surface area contributed by atoms with Gasteiger partial charge in [-0.2, -0.15) is 0 Å². The minimum Gasteiger partial charge on any atom is -0.311 e. The van der Waals surface area contributed by atoms with Gasteiger partial charge >= 0.3 is 0 Å². The molecular formula is C15H33N3. The van der Waals surface area contributed by atoms with Crippen LogP contribution in [0.2, 0.25) is 0 Å². The Morgan fingerprint density at radius 2 is 1.72 bits per heavy atom. The lowest BCUT2D eigenvalue weighted by Gasteiger charge is -2.50. The molecule has 1 saturated carbocycles. The zero-order valence-corrected chi connectivity index (χ0v) is 13.5. The molecule has 0 bridgehead atoms. The number of hydrogen-bond acceptors (Lipinski definition) is 3. The number of nitrogens with one attached hydrogen (secondary N) is 1. The average Bonchev–Trinajstić information content (AvgIpc) is 2.17. The molecule has 0 aromatic rings. The van der Waals surface area contributed by atoms with Crippen molar-refractivity contribution in [3.8, 4) is 0 Å². The summed E-state index contributed by atoms with van der Waals surface area (Å²) in [6.07, 6.45) is 4.09. The maximum absolute atomic E-state index is 3.60. The molecule has 0 heterocycles. The second-order valence-corrected chi connectivity index (χ2v) is 7.37. The minimum absolute atomic E-state index is 0.213. The molecule has 1 rings (SSSR count). The first-order valence-corrected chi connectivity index (χ1v) is 7.29. The molecule has 1 N–H and O–H groups in total. The van der Waals surface area contributed by atoms with Gasteiger partial charge in [0.05, 0.1) is 0 Å². The number of hydrogen-bond donors (Lipinski definition) is 1. The third-order valence-corrected chi connectivity index (χ3v) is 4.46. The standard InChI is InChI=1S/C15H33N3/c1-13(11-16-14(2,3)4)18(7)12-15(17(5)6)9-8-10-15/h13,16H,8-12H2,1-7H3. The first-order chi connectivity index (χ1) is 8.16. The number of rotatable bonds is 6. The van der Waals surface area contributed by atoms with Crippen LogP contribution < -0.4 is 5.32 Å². The predicted octanol–water partition coefficient (Wildman–Crippen LogP) is 2.18. The summed E-state index contributed by atoms with van der Waals surface area (Å²) >= 11 is 0. The molecule has 18 heavy (non-hydrogen) atoms. The highest BCUT2D eigenvalue weighted by atomic mass is 15.2. The summed E-state index contributed by atoms with van der Waals surface area (Å²) in [6.45, 7) is 11.3. The summed E-state index contributed by atoms with van der Waals surface area (Å²) < 4.78 is 0. The second kappa shape index (κ2) is 5.89. The van der Waals surface area contributed by atoms with Crippen molar-refractivity contribution in [2.45, 2.75) is 64.1 Å². The molecule has 0 aromatic carbocycles. The van der Waals surface area contributed by atoms with E-state index in [2.05, 4.69) is 64.0 Å².